The number of hydrogen-bond donors (Lipinski definition) is 2. The molecule has 37 heavy (non-hydrogen) atoms. The molecular weight excluding hydrogens is 490 g/mol. The van der Waals surface area contributed by atoms with Gasteiger partial charge in [0, 0.05) is 50.5 Å². The smallest absolute Gasteiger partial charge is 0.274 e. The maximum Gasteiger partial charge on any atom is 0.274 e. The summed E-state index contributed by atoms with van der Waals surface area (Å²) in [5.41, 5.74) is -1.85. The van der Waals surface area contributed by atoms with Gasteiger partial charge in [-0.1, -0.05) is 11.2 Å². The molecule has 0 saturated carbocycles. The molecule has 4 heterocycles. The van der Waals surface area contributed by atoms with Crippen LogP contribution in [0.4, 0.5) is 8.78 Å². The van der Waals surface area contributed by atoms with Crippen LogP contribution in [0.2, 0.25) is 0 Å². The number of ether oxygens (including phenoxy) is 1. The first-order chi connectivity index (χ1) is 17.6. The lowest BCUT2D eigenvalue weighted by Gasteiger charge is -2.41. The van der Waals surface area contributed by atoms with Crippen molar-refractivity contribution in [3.63, 3.8) is 0 Å². The number of amides is 2. The van der Waals surface area contributed by atoms with Crippen molar-refractivity contribution < 1.29 is 33.1 Å². The Hall–Kier alpha value is -3.80. The summed E-state index contributed by atoms with van der Waals surface area (Å²) in [5, 5.41) is 17.5. The highest BCUT2D eigenvalue weighted by Gasteiger charge is 2.54. The van der Waals surface area contributed by atoms with E-state index in [0.29, 0.717) is 31.0 Å². The summed E-state index contributed by atoms with van der Waals surface area (Å²) in [7, 11) is 1.55. The molecule has 196 valence electrons. The van der Waals surface area contributed by atoms with Crippen molar-refractivity contribution in [1.82, 2.24) is 14.8 Å². The van der Waals surface area contributed by atoms with Crippen LogP contribution in [-0.2, 0) is 16.1 Å². The van der Waals surface area contributed by atoms with Crippen LogP contribution >= 0.6 is 0 Å². The van der Waals surface area contributed by atoms with Crippen molar-refractivity contribution >= 4 is 17.5 Å². The first kappa shape index (κ1) is 24.9. The number of oxime groups is 1. The molecule has 10 nitrogen and oxygen atoms in total. The molecule has 1 spiro atoms. The van der Waals surface area contributed by atoms with Gasteiger partial charge in [-0.2, -0.15) is 0 Å². The van der Waals surface area contributed by atoms with E-state index in [4.69, 9.17) is 9.57 Å². The van der Waals surface area contributed by atoms with Crippen molar-refractivity contribution in [3.05, 3.63) is 63.1 Å². The number of methoxy groups -OCH3 is 1. The highest BCUT2D eigenvalue weighted by molar-refractivity contribution is 5.99. The number of benzene rings is 1. The number of aromatic nitrogens is 1. The van der Waals surface area contributed by atoms with Gasteiger partial charge >= 0.3 is 0 Å². The Labute approximate surface area is 210 Å². The van der Waals surface area contributed by atoms with Crippen molar-refractivity contribution in [2.24, 2.45) is 5.16 Å². The number of rotatable bonds is 5. The lowest BCUT2D eigenvalue weighted by atomic mass is 9.84. The highest BCUT2D eigenvalue weighted by Crippen LogP contribution is 2.46. The summed E-state index contributed by atoms with van der Waals surface area (Å²) in [6, 6.07) is 2.18. The van der Waals surface area contributed by atoms with Crippen molar-refractivity contribution in [2.75, 3.05) is 20.3 Å². The zero-order chi connectivity index (χ0) is 26.5. The summed E-state index contributed by atoms with van der Waals surface area (Å²) in [6.07, 6.45) is 2.80. The van der Waals surface area contributed by atoms with Crippen LogP contribution in [0.5, 0.6) is 5.75 Å². The van der Waals surface area contributed by atoms with E-state index in [9.17, 15) is 28.3 Å². The summed E-state index contributed by atoms with van der Waals surface area (Å²) >= 11 is 0. The molecule has 1 aromatic carbocycles. The van der Waals surface area contributed by atoms with Gasteiger partial charge in [-0.25, -0.2) is 8.78 Å². The number of aromatic hydroxyl groups is 1. The zero-order valence-electron chi connectivity index (χ0n) is 20.3. The molecule has 2 bridgehead atoms. The molecule has 1 aromatic heterocycles. The summed E-state index contributed by atoms with van der Waals surface area (Å²) in [5.74, 6) is -3.86. The van der Waals surface area contributed by atoms with E-state index < -0.39 is 51.8 Å². The molecule has 3 atom stereocenters. The van der Waals surface area contributed by atoms with E-state index in [-0.39, 0.29) is 37.0 Å². The van der Waals surface area contributed by atoms with Gasteiger partial charge in [0.1, 0.15) is 17.2 Å². The monoisotopic (exact) mass is 516 g/mol. The highest BCUT2D eigenvalue weighted by atomic mass is 19.1. The van der Waals surface area contributed by atoms with Crippen LogP contribution in [0.1, 0.15) is 58.6 Å². The molecule has 0 aliphatic carbocycles. The first-order valence-electron chi connectivity index (χ1n) is 11.9. The number of hydrogen-bond acceptors (Lipinski definition) is 7. The molecule has 2 amide bonds. The summed E-state index contributed by atoms with van der Waals surface area (Å²) in [6.45, 7) is 2.07. The van der Waals surface area contributed by atoms with Crippen molar-refractivity contribution in [2.45, 2.75) is 50.4 Å². The molecule has 12 heteroatoms. The molecule has 2 unspecified atom stereocenters. The first-order valence-corrected chi connectivity index (χ1v) is 11.9. The topological polar surface area (TPSA) is 122 Å². The Morgan fingerprint density at radius 3 is 2.86 bits per heavy atom. The lowest BCUT2D eigenvalue weighted by molar-refractivity contribution is -0.0655. The van der Waals surface area contributed by atoms with Crippen molar-refractivity contribution in [3.8, 4) is 5.75 Å². The minimum Gasteiger partial charge on any atom is -0.503 e. The molecule has 2 aromatic rings. The average molecular weight is 517 g/mol. The molecule has 2 N–H and O–H groups in total. The second kappa shape index (κ2) is 9.25. The van der Waals surface area contributed by atoms with Gasteiger partial charge in [0.05, 0.1) is 18.4 Å². The second-order valence-corrected chi connectivity index (χ2v) is 9.68. The van der Waals surface area contributed by atoms with Crippen LogP contribution in [0.3, 0.4) is 0 Å². The SMILES string of the molecule is COCC1=NO[C@@]2(CCC(C)N3CC2n2cc(C(=O)NCc4ccc(F)cc4F)c(=O)c(O)c2C3=O)C1. The van der Waals surface area contributed by atoms with Crippen molar-refractivity contribution in [1.29, 1.82) is 0 Å². The minimum absolute atomic E-state index is 0.0155. The molecule has 1 fully saturated rings. The van der Waals surface area contributed by atoms with E-state index in [0.717, 1.165) is 6.07 Å². The third-order valence-electron chi connectivity index (χ3n) is 7.37. The normalized spacial score (nSPS) is 24.4. The molecule has 5 rings (SSSR count). The van der Waals surface area contributed by atoms with E-state index >= 15 is 0 Å². The number of carbonyl (C=O) groups excluding carboxylic acids is 2. The van der Waals surface area contributed by atoms with E-state index in [1.165, 1.54) is 16.8 Å². The van der Waals surface area contributed by atoms with Gasteiger partial charge < -0.3 is 29.5 Å². The van der Waals surface area contributed by atoms with Gasteiger partial charge in [0.2, 0.25) is 5.43 Å². The van der Waals surface area contributed by atoms with Gasteiger partial charge in [-0.3, -0.25) is 14.4 Å². The number of nitrogens with zero attached hydrogens (tertiary/aromatic N) is 3. The maximum absolute atomic E-state index is 14.0. The molecule has 3 aliphatic rings. The Morgan fingerprint density at radius 1 is 1.35 bits per heavy atom. The van der Waals surface area contributed by atoms with E-state index in [2.05, 4.69) is 10.5 Å². The Bertz CT molecular complexity index is 1380. The third-order valence-corrected chi connectivity index (χ3v) is 7.37. The zero-order valence-corrected chi connectivity index (χ0v) is 20.3. The Balaban J connectivity index is 1.53. The fourth-order valence-corrected chi connectivity index (χ4v) is 5.37. The van der Waals surface area contributed by atoms with Crippen LogP contribution in [0, 0.1) is 11.6 Å². The maximum atomic E-state index is 14.0. The number of pyridine rings is 1. The molecular formula is C25H26F2N4O6. The fraction of sp³-hybridized carbons (Fsp3) is 0.440. The largest absolute Gasteiger partial charge is 0.503 e. The number of halogens is 2. The lowest BCUT2D eigenvalue weighted by Crippen LogP contribution is -2.52. The summed E-state index contributed by atoms with van der Waals surface area (Å²) in [4.78, 5) is 46.9. The Morgan fingerprint density at radius 2 is 2.14 bits per heavy atom. The predicted molar refractivity (Wildman–Crippen MR) is 126 cm³/mol. The Kier molecular flexibility index (Phi) is 6.22. The average Bonchev–Trinajstić information content (AvgIpc) is 3.22. The van der Waals surface area contributed by atoms with E-state index in [1.807, 2.05) is 6.92 Å². The van der Waals surface area contributed by atoms with Gasteiger partial charge in [-0.15, -0.1) is 0 Å². The van der Waals surface area contributed by atoms with E-state index in [1.54, 1.807) is 12.0 Å². The third kappa shape index (κ3) is 4.14. The second-order valence-electron chi connectivity index (χ2n) is 9.68. The van der Waals surface area contributed by atoms with Gasteiger partial charge in [0.25, 0.3) is 11.8 Å². The molecule has 1 saturated heterocycles. The number of fused-ring (bicyclic) bond motifs is 5. The van der Waals surface area contributed by atoms with Crippen LogP contribution < -0.4 is 10.7 Å². The molecule has 3 aliphatic heterocycles. The fourth-order valence-electron chi connectivity index (χ4n) is 5.37. The standard InChI is InChI=1S/C25H26F2N4O6/c1-13-5-6-25(8-16(12-36-2)29-37-25)19-11-30(13)24(35)20-22(33)21(32)17(10-31(19)20)23(34)28-9-14-3-4-15(26)7-18(14)27/h3-4,7,10,13,19,33H,5-6,8-9,11-12H2,1-2H3,(H,28,34)/t13?,19?,25-/m0/s1. The van der Waals surface area contributed by atoms with Gasteiger partial charge in [0.15, 0.2) is 17.0 Å². The van der Waals surface area contributed by atoms with Crippen LogP contribution in [-0.4, -0.2) is 64.0 Å². The quantitative estimate of drug-likeness (QED) is 0.628. The van der Waals surface area contributed by atoms with Crippen LogP contribution in [0.15, 0.2) is 34.3 Å². The molecule has 0 radical (unpaired) electrons. The number of nitrogens with one attached hydrogen (secondary N) is 1. The van der Waals surface area contributed by atoms with Crippen LogP contribution in [0.25, 0.3) is 0 Å². The summed E-state index contributed by atoms with van der Waals surface area (Å²) < 4.78 is 33.8. The van der Waals surface area contributed by atoms with Gasteiger partial charge in [-0.05, 0) is 25.8 Å². The minimum atomic E-state index is -1.03. The predicted octanol–water partition coefficient (Wildman–Crippen LogP) is 2.10. The number of carbonyl (C=O) groups is 2.